The fourth-order valence-electron chi connectivity index (χ4n) is 8.16. The predicted molar refractivity (Wildman–Crippen MR) is 206 cm³/mol. The number of methoxy groups -OCH3 is 1. The van der Waals surface area contributed by atoms with Gasteiger partial charge < -0.3 is 34.8 Å². The van der Waals surface area contributed by atoms with E-state index in [2.05, 4.69) is 45.7 Å². The molecule has 0 amide bonds. The van der Waals surface area contributed by atoms with Crippen LogP contribution in [-0.4, -0.2) is 59.9 Å². The van der Waals surface area contributed by atoms with Gasteiger partial charge in [-0.15, -0.1) is 33.1 Å². The van der Waals surface area contributed by atoms with Crippen molar-refractivity contribution in [3.63, 3.8) is 0 Å². The molecule has 10 heteroatoms. The predicted octanol–water partition coefficient (Wildman–Crippen LogP) is 3.23. The second kappa shape index (κ2) is 15.8. The average molecular weight is 714 g/mol. The second-order valence-corrected chi connectivity index (χ2v) is 14.1. The van der Waals surface area contributed by atoms with Gasteiger partial charge in [0.05, 0.1) is 13.2 Å². The van der Waals surface area contributed by atoms with Crippen molar-refractivity contribution in [2.24, 2.45) is 17.8 Å². The number of carbonyl (C=O) groups is 2. The first kappa shape index (κ1) is 39.1. The Morgan fingerprint density at radius 1 is 0.981 bits per heavy atom. The van der Waals surface area contributed by atoms with Crippen molar-refractivity contribution in [2.75, 3.05) is 13.7 Å². The number of aliphatic hydroxyl groups excluding tert-OH is 1. The Morgan fingerprint density at radius 3 is 2.37 bits per heavy atom. The van der Waals surface area contributed by atoms with Crippen molar-refractivity contribution < 1.29 is 24.2 Å². The molecule has 0 saturated carbocycles. The Morgan fingerprint density at radius 2 is 1.69 bits per heavy atom. The first-order valence-corrected chi connectivity index (χ1v) is 18.1. The minimum Gasteiger partial charge on any atom is -0.657 e. The number of allylic oxidation sites excluding steroid dienone is 2. The van der Waals surface area contributed by atoms with Crippen molar-refractivity contribution in [1.29, 1.82) is 0 Å². The van der Waals surface area contributed by atoms with Crippen LogP contribution in [0, 0.1) is 38.5 Å². The fourth-order valence-corrected chi connectivity index (χ4v) is 8.16. The Kier molecular flexibility index (Phi) is 11.9. The number of aliphatic hydroxyl groups is 1. The molecule has 2 N–H and O–H groups in total. The summed E-state index contributed by atoms with van der Waals surface area (Å²) in [5, 5.41) is 18.3. The molecule has 9 nitrogen and oxygen atoms in total. The molecule has 0 aromatic carbocycles. The van der Waals surface area contributed by atoms with Crippen LogP contribution in [-0.2, 0) is 25.5 Å². The van der Waals surface area contributed by atoms with E-state index in [1.807, 2.05) is 45.1 Å². The fraction of sp³-hybridized carbons (Fsp3) is 0.429. The molecule has 0 spiro atoms. The topological polar surface area (TPSA) is 127 Å². The quantitative estimate of drug-likeness (QED) is 0.185. The number of nitrogens with one attached hydrogen (secondary N) is 1. The molecule has 6 rings (SSSR count). The van der Waals surface area contributed by atoms with E-state index < -0.39 is 17.9 Å². The van der Waals surface area contributed by atoms with Crippen LogP contribution in [0.15, 0.2) is 23.9 Å². The number of esters is 2. The van der Waals surface area contributed by atoms with Gasteiger partial charge in [-0.1, -0.05) is 85.9 Å². The Bertz CT molecular complexity index is 2230. The summed E-state index contributed by atoms with van der Waals surface area (Å²) in [5.74, 6) is -2.14. The maximum absolute atomic E-state index is 13.5. The molecule has 3 aromatic rings. The van der Waals surface area contributed by atoms with E-state index in [0.717, 1.165) is 74.9 Å². The van der Waals surface area contributed by atoms with E-state index in [4.69, 9.17) is 24.4 Å². The molecule has 1 aliphatic carbocycles. The van der Waals surface area contributed by atoms with Crippen LogP contribution in [0.3, 0.4) is 0 Å². The van der Waals surface area contributed by atoms with E-state index in [1.54, 1.807) is 0 Å². The largest absolute Gasteiger partial charge is 2.00 e. The van der Waals surface area contributed by atoms with Crippen LogP contribution in [0.1, 0.15) is 98.3 Å². The van der Waals surface area contributed by atoms with Gasteiger partial charge in [0.15, 0.2) is 0 Å². The molecule has 5 heterocycles. The van der Waals surface area contributed by atoms with E-state index in [9.17, 15) is 14.7 Å². The standard InChI is InChI=1S/C42H49N4O5.Mg/c1-10-13-21(4)16-17-51-35(47)15-14-28-24(7)31-18-29-22(5)26(11-2)33(43-29)19-30-23(6)27(12-3)34(44-30)20-32-25(8)36-40(46-32)37(39(28)45-31)38(41(36)48)42(49)50-9;/h11,16,18-20,24,28,38-39,45,48H,2,10,12-15,17H2,1,3-9H3;/q-3;+2/b21-16-,30-19-,31-18-,34-20-;/t24-,28-,38+,39?;/m0./s1. The van der Waals surface area contributed by atoms with Crippen LogP contribution in [0.4, 0.5) is 0 Å². The minimum atomic E-state index is -1.03. The first-order chi connectivity index (χ1) is 24.4. The average Bonchev–Trinajstić information content (AvgIpc) is 3.84. The molecular weight excluding hydrogens is 665 g/mol. The molecule has 3 aromatic heterocycles. The van der Waals surface area contributed by atoms with Crippen LogP contribution in [0.5, 0.6) is 0 Å². The van der Waals surface area contributed by atoms with Crippen molar-refractivity contribution in [2.45, 2.75) is 86.6 Å². The summed E-state index contributed by atoms with van der Waals surface area (Å²) in [6.45, 7) is 18.8. The smallest absolute Gasteiger partial charge is 0.657 e. The number of ether oxygens (including phenoxy) is 2. The maximum Gasteiger partial charge on any atom is 2.00 e. The summed E-state index contributed by atoms with van der Waals surface area (Å²) < 4.78 is 10.9. The molecule has 1 unspecified atom stereocenters. The third-order valence-electron chi connectivity index (χ3n) is 11.1. The van der Waals surface area contributed by atoms with Crippen molar-refractivity contribution in [1.82, 2.24) is 20.3 Å². The summed E-state index contributed by atoms with van der Waals surface area (Å²) in [6, 6.07) is -0.439. The first-order valence-electron chi connectivity index (χ1n) is 18.1. The normalized spacial score (nSPS) is 22.7. The van der Waals surface area contributed by atoms with Crippen molar-refractivity contribution in [3.8, 4) is 0 Å². The molecule has 1 fully saturated rings. The third kappa shape index (κ3) is 6.87. The van der Waals surface area contributed by atoms with Gasteiger partial charge in [-0.25, -0.2) is 0 Å². The molecule has 4 atom stereocenters. The van der Waals surface area contributed by atoms with Crippen molar-refractivity contribution >= 4 is 70.6 Å². The Balaban J connectivity index is 0.00000523. The third-order valence-corrected chi connectivity index (χ3v) is 11.1. The van der Waals surface area contributed by atoms with Crippen LogP contribution in [0.2, 0.25) is 0 Å². The monoisotopic (exact) mass is 713 g/mol. The second-order valence-electron chi connectivity index (χ2n) is 14.1. The van der Waals surface area contributed by atoms with E-state index in [0.29, 0.717) is 28.3 Å². The van der Waals surface area contributed by atoms with Gasteiger partial charge in [-0.2, -0.15) is 0 Å². The summed E-state index contributed by atoms with van der Waals surface area (Å²) >= 11 is 0. The molecular formula is C42H49MgN4O5-. The summed E-state index contributed by atoms with van der Waals surface area (Å²) in [5.41, 5.74) is 9.95. The van der Waals surface area contributed by atoms with Crippen LogP contribution < -0.4 is 41.5 Å². The number of hydrogen-bond acceptors (Lipinski definition) is 6. The molecule has 0 radical (unpaired) electrons. The molecule has 3 aliphatic rings. The number of carbonyl (C=O) groups excluding carboxylic acids is 2. The zero-order valence-corrected chi connectivity index (χ0v) is 33.2. The molecule has 1 saturated heterocycles. The van der Waals surface area contributed by atoms with Crippen LogP contribution in [0.25, 0.3) is 35.6 Å². The SMILES string of the molecule is C=Cc1c2[n-]c(c1C)/C=C1\NC(C3=c4[n-]c(c(C)c4=C(O)[C@@H]3C(=O)OC)/C=c3\[n-]/c(c(C)c3CC)=C\2)[C@@H](CCC(=O)OC/C=C(/C)CCC)[C@@H]1C.[Mg+2]. The van der Waals surface area contributed by atoms with Gasteiger partial charge in [0.25, 0.3) is 0 Å². The van der Waals surface area contributed by atoms with Gasteiger partial charge in [-0.05, 0) is 70.1 Å². The summed E-state index contributed by atoms with van der Waals surface area (Å²) in [4.78, 5) is 41.8. The zero-order chi connectivity index (χ0) is 36.7. The Labute approximate surface area is 321 Å². The number of fused-ring (bicyclic) bond motifs is 8. The summed E-state index contributed by atoms with van der Waals surface area (Å²) in [6.07, 6.45) is 13.3. The molecule has 2 aliphatic heterocycles. The van der Waals surface area contributed by atoms with Crippen molar-refractivity contribution in [3.05, 3.63) is 90.1 Å². The number of rotatable bonds is 10. The molecule has 8 bridgehead atoms. The van der Waals surface area contributed by atoms with Gasteiger partial charge >= 0.3 is 35.0 Å². The number of nitrogens with zero attached hydrogens (tertiary/aromatic N) is 3. The van der Waals surface area contributed by atoms with E-state index in [1.165, 1.54) is 12.7 Å². The van der Waals surface area contributed by atoms with Gasteiger partial charge in [0, 0.05) is 23.3 Å². The van der Waals surface area contributed by atoms with Crippen LogP contribution >= 0.6 is 0 Å². The zero-order valence-electron chi connectivity index (χ0n) is 31.8. The minimum absolute atomic E-state index is 0. The van der Waals surface area contributed by atoms with Gasteiger partial charge in [0.2, 0.25) is 0 Å². The molecule has 270 valence electrons. The van der Waals surface area contributed by atoms with Gasteiger partial charge in [-0.3, -0.25) is 9.59 Å². The molecule has 52 heavy (non-hydrogen) atoms. The number of hydrogen-bond donors (Lipinski definition) is 2. The van der Waals surface area contributed by atoms with Gasteiger partial charge in [0.1, 0.15) is 18.3 Å². The Hall–Kier alpha value is -4.15. The maximum atomic E-state index is 13.5. The number of aromatic nitrogens is 3. The van der Waals surface area contributed by atoms with E-state index in [-0.39, 0.29) is 59.6 Å². The summed E-state index contributed by atoms with van der Waals surface area (Å²) in [7, 11) is 1.33. The van der Waals surface area contributed by atoms with E-state index >= 15 is 0 Å².